The summed E-state index contributed by atoms with van der Waals surface area (Å²) in [6, 6.07) is 1.44. The molecule has 0 saturated carbocycles. The SMILES string of the molecule is CCOC(=O)c1c(C#N)ncc(C(F)F)c1[N+](=O)[O-]. The summed E-state index contributed by atoms with van der Waals surface area (Å²) in [6.45, 7) is 1.31. The zero-order valence-electron chi connectivity index (χ0n) is 9.59. The fraction of sp³-hybridized carbons (Fsp3) is 0.300. The minimum atomic E-state index is -3.20. The molecule has 7 nitrogen and oxygen atoms in total. The number of hydrogen-bond acceptors (Lipinski definition) is 6. The van der Waals surface area contributed by atoms with Crippen molar-refractivity contribution in [1.82, 2.24) is 4.98 Å². The molecule has 0 fully saturated rings. The van der Waals surface area contributed by atoms with E-state index in [0.717, 1.165) is 0 Å². The highest BCUT2D eigenvalue weighted by atomic mass is 19.3. The Balaban J connectivity index is 3.63. The van der Waals surface area contributed by atoms with Crippen molar-refractivity contribution >= 4 is 11.7 Å². The molecule has 0 saturated heterocycles. The second kappa shape index (κ2) is 5.81. The van der Waals surface area contributed by atoms with Gasteiger partial charge in [-0.25, -0.2) is 18.6 Å². The van der Waals surface area contributed by atoms with Crippen molar-refractivity contribution in [2.24, 2.45) is 0 Å². The van der Waals surface area contributed by atoms with E-state index in [1.165, 1.54) is 13.0 Å². The van der Waals surface area contributed by atoms with E-state index in [1.807, 2.05) is 0 Å². The molecule has 0 atom stereocenters. The van der Waals surface area contributed by atoms with E-state index in [4.69, 9.17) is 5.26 Å². The zero-order chi connectivity index (χ0) is 14.6. The normalized spacial score (nSPS) is 10.1. The summed E-state index contributed by atoms with van der Waals surface area (Å²) in [4.78, 5) is 24.6. The lowest BCUT2D eigenvalue weighted by Gasteiger charge is -2.07. The number of pyridine rings is 1. The summed E-state index contributed by atoms with van der Waals surface area (Å²) < 4.78 is 29.9. The molecule has 1 rings (SSSR count). The first-order valence-corrected chi connectivity index (χ1v) is 4.96. The standard InChI is InChI=1S/C10H7F2N3O4/c1-2-19-10(16)7-6(3-13)14-4-5(9(11)12)8(7)15(17)18/h4,9H,2H2,1H3. The van der Waals surface area contributed by atoms with Gasteiger partial charge in [-0.05, 0) is 6.92 Å². The van der Waals surface area contributed by atoms with Crippen LogP contribution in [0.1, 0.15) is 35.0 Å². The molecular formula is C10H7F2N3O4. The molecule has 0 spiro atoms. The van der Waals surface area contributed by atoms with E-state index in [0.29, 0.717) is 6.20 Å². The molecule has 0 amide bonds. The predicted octanol–water partition coefficient (Wildman–Crippen LogP) is 1.98. The summed E-state index contributed by atoms with van der Waals surface area (Å²) in [6.07, 6.45) is -2.70. The highest BCUT2D eigenvalue weighted by molar-refractivity contribution is 5.96. The zero-order valence-corrected chi connectivity index (χ0v) is 9.59. The summed E-state index contributed by atoms with van der Waals surface area (Å²) in [7, 11) is 0. The van der Waals surface area contributed by atoms with Gasteiger partial charge >= 0.3 is 5.97 Å². The number of halogens is 2. The van der Waals surface area contributed by atoms with E-state index in [9.17, 15) is 23.7 Å². The lowest BCUT2D eigenvalue weighted by atomic mass is 10.1. The molecule has 1 aromatic rings. The van der Waals surface area contributed by atoms with Gasteiger partial charge in [-0.3, -0.25) is 10.1 Å². The van der Waals surface area contributed by atoms with Gasteiger partial charge in [-0.15, -0.1) is 0 Å². The fourth-order valence-corrected chi connectivity index (χ4v) is 1.35. The maximum Gasteiger partial charge on any atom is 0.348 e. The monoisotopic (exact) mass is 271 g/mol. The van der Waals surface area contributed by atoms with E-state index in [1.54, 1.807) is 0 Å². The average molecular weight is 271 g/mol. The molecule has 0 aliphatic heterocycles. The average Bonchev–Trinajstić information content (AvgIpc) is 2.36. The molecule has 1 heterocycles. The van der Waals surface area contributed by atoms with Gasteiger partial charge in [-0.1, -0.05) is 0 Å². The van der Waals surface area contributed by atoms with Crippen LogP contribution in [0.5, 0.6) is 0 Å². The van der Waals surface area contributed by atoms with Crippen LogP contribution >= 0.6 is 0 Å². The third-order valence-electron chi connectivity index (χ3n) is 2.08. The molecule has 0 radical (unpaired) electrons. The topological polar surface area (TPSA) is 106 Å². The third kappa shape index (κ3) is 2.79. The van der Waals surface area contributed by atoms with Crippen molar-refractivity contribution in [3.05, 3.63) is 33.1 Å². The smallest absolute Gasteiger partial charge is 0.348 e. The van der Waals surface area contributed by atoms with Gasteiger partial charge in [0.15, 0.2) is 11.3 Å². The van der Waals surface area contributed by atoms with Gasteiger partial charge in [-0.2, -0.15) is 5.26 Å². The fourth-order valence-electron chi connectivity index (χ4n) is 1.35. The second-order valence-electron chi connectivity index (χ2n) is 3.18. The number of aromatic nitrogens is 1. The van der Waals surface area contributed by atoms with E-state index in [2.05, 4.69) is 9.72 Å². The molecule has 9 heteroatoms. The molecule has 0 bridgehead atoms. The number of carbonyl (C=O) groups excluding carboxylic acids is 1. The second-order valence-corrected chi connectivity index (χ2v) is 3.18. The number of carbonyl (C=O) groups is 1. The molecule has 0 aromatic carbocycles. The number of rotatable bonds is 4. The van der Waals surface area contributed by atoms with E-state index in [-0.39, 0.29) is 6.61 Å². The van der Waals surface area contributed by atoms with Crippen LogP contribution < -0.4 is 0 Å². The first-order valence-electron chi connectivity index (χ1n) is 4.96. The Morgan fingerprint density at radius 1 is 1.68 bits per heavy atom. The number of ether oxygens (including phenoxy) is 1. The van der Waals surface area contributed by atoms with E-state index >= 15 is 0 Å². The molecule has 0 aliphatic carbocycles. The van der Waals surface area contributed by atoms with Gasteiger partial charge in [0.1, 0.15) is 11.6 Å². The van der Waals surface area contributed by atoms with Crippen molar-refractivity contribution < 1.29 is 23.2 Å². The Kier molecular flexibility index (Phi) is 4.41. The minimum absolute atomic E-state index is 0.125. The minimum Gasteiger partial charge on any atom is -0.462 e. The Morgan fingerprint density at radius 2 is 2.32 bits per heavy atom. The van der Waals surface area contributed by atoms with Crippen molar-refractivity contribution in [2.75, 3.05) is 6.61 Å². The number of esters is 1. The van der Waals surface area contributed by atoms with Crippen molar-refractivity contribution in [3.8, 4) is 6.07 Å². The van der Waals surface area contributed by atoms with Gasteiger partial charge < -0.3 is 4.74 Å². The summed E-state index contributed by atoms with van der Waals surface area (Å²) in [5, 5.41) is 19.6. The Morgan fingerprint density at radius 3 is 2.74 bits per heavy atom. The predicted molar refractivity (Wildman–Crippen MR) is 56.5 cm³/mol. The van der Waals surface area contributed by atoms with Crippen LogP contribution in [0.3, 0.4) is 0 Å². The van der Waals surface area contributed by atoms with Crippen molar-refractivity contribution in [1.29, 1.82) is 5.26 Å². The number of hydrogen-bond donors (Lipinski definition) is 0. The lowest BCUT2D eigenvalue weighted by Crippen LogP contribution is -2.13. The Hall–Kier alpha value is -2.63. The van der Waals surface area contributed by atoms with Gasteiger partial charge in [0, 0.05) is 6.20 Å². The van der Waals surface area contributed by atoms with Crippen molar-refractivity contribution in [3.63, 3.8) is 0 Å². The van der Waals surface area contributed by atoms with Gasteiger partial charge in [0.25, 0.3) is 12.1 Å². The highest BCUT2D eigenvalue weighted by Gasteiger charge is 2.33. The van der Waals surface area contributed by atoms with Crippen LogP contribution in [-0.2, 0) is 4.74 Å². The summed E-state index contributed by atoms with van der Waals surface area (Å²) in [5.74, 6) is -1.24. The molecule has 0 N–H and O–H groups in total. The van der Waals surface area contributed by atoms with Gasteiger partial charge in [0.2, 0.25) is 0 Å². The molecular weight excluding hydrogens is 264 g/mol. The number of nitrogens with zero attached hydrogens (tertiary/aromatic N) is 3. The largest absolute Gasteiger partial charge is 0.462 e. The van der Waals surface area contributed by atoms with Crippen molar-refractivity contribution in [2.45, 2.75) is 13.3 Å². The first-order chi connectivity index (χ1) is 8.93. The van der Waals surface area contributed by atoms with Crippen LogP contribution in [0.4, 0.5) is 14.5 Å². The quantitative estimate of drug-likeness (QED) is 0.470. The molecule has 100 valence electrons. The number of nitro groups is 1. The van der Waals surface area contributed by atoms with E-state index < -0.39 is 39.8 Å². The number of alkyl halides is 2. The van der Waals surface area contributed by atoms with Crippen LogP contribution in [0.2, 0.25) is 0 Å². The summed E-state index contributed by atoms with van der Waals surface area (Å²) >= 11 is 0. The number of nitriles is 1. The summed E-state index contributed by atoms with van der Waals surface area (Å²) in [5.41, 5.74) is -3.67. The Bertz CT molecular complexity index is 569. The molecule has 1 aromatic heterocycles. The highest BCUT2D eigenvalue weighted by Crippen LogP contribution is 2.33. The van der Waals surface area contributed by atoms with Gasteiger partial charge in [0.05, 0.1) is 11.5 Å². The maximum atomic E-state index is 12.7. The third-order valence-corrected chi connectivity index (χ3v) is 2.08. The van der Waals surface area contributed by atoms with Crippen LogP contribution in [0.25, 0.3) is 0 Å². The van der Waals surface area contributed by atoms with Crippen LogP contribution in [0.15, 0.2) is 6.20 Å². The molecule has 0 unspecified atom stereocenters. The molecule has 0 aliphatic rings. The van der Waals surface area contributed by atoms with Crippen LogP contribution in [-0.4, -0.2) is 22.5 Å². The first kappa shape index (κ1) is 14.4. The Labute approximate surface area is 105 Å². The molecule has 19 heavy (non-hydrogen) atoms. The maximum absolute atomic E-state index is 12.7. The van der Waals surface area contributed by atoms with Crippen LogP contribution in [0, 0.1) is 21.4 Å². The lowest BCUT2D eigenvalue weighted by molar-refractivity contribution is -0.386.